The van der Waals surface area contributed by atoms with Gasteiger partial charge in [-0.2, -0.15) is 0 Å². The third-order valence-electron chi connectivity index (χ3n) is 3.28. The van der Waals surface area contributed by atoms with Gasteiger partial charge in [0.25, 0.3) is 5.91 Å². The molecule has 0 saturated carbocycles. The van der Waals surface area contributed by atoms with Crippen LogP contribution in [0, 0.1) is 0 Å². The summed E-state index contributed by atoms with van der Waals surface area (Å²) in [5.41, 5.74) is 1.56. The first kappa shape index (κ1) is 16.5. The lowest BCUT2D eigenvalue weighted by atomic mass is 10.2. The van der Waals surface area contributed by atoms with Gasteiger partial charge in [0.2, 0.25) is 5.88 Å². The van der Waals surface area contributed by atoms with E-state index in [1.54, 1.807) is 30.3 Å². The first-order valence-corrected chi connectivity index (χ1v) is 8.15. The van der Waals surface area contributed by atoms with E-state index in [1.165, 1.54) is 0 Å². The van der Waals surface area contributed by atoms with Crippen molar-refractivity contribution >= 4 is 55.7 Å². The minimum Gasteiger partial charge on any atom is -0.493 e. The van der Waals surface area contributed by atoms with E-state index in [0.29, 0.717) is 21.6 Å². The number of rotatable bonds is 4. The fourth-order valence-electron chi connectivity index (χ4n) is 2.15. The van der Waals surface area contributed by atoms with E-state index in [-0.39, 0.29) is 18.1 Å². The number of halogens is 2. The van der Waals surface area contributed by atoms with Crippen LogP contribution in [-0.2, 0) is 4.79 Å². The van der Waals surface area contributed by atoms with Gasteiger partial charge in [-0.15, -0.1) is 10.2 Å². The van der Waals surface area contributed by atoms with Gasteiger partial charge in [0.15, 0.2) is 5.69 Å². The van der Waals surface area contributed by atoms with E-state index in [1.807, 2.05) is 12.1 Å². The van der Waals surface area contributed by atoms with E-state index >= 15 is 0 Å². The van der Waals surface area contributed by atoms with Gasteiger partial charge < -0.3 is 15.4 Å². The maximum Gasteiger partial charge on any atom is 0.283 e. The Hall–Kier alpha value is -2.38. The summed E-state index contributed by atoms with van der Waals surface area (Å²) < 4.78 is 0.831. The number of azo groups is 1. The number of para-hydroxylation sites is 1. The Kier molecular flexibility index (Phi) is 4.82. The zero-order valence-corrected chi connectivity index (χ0v) is 14.6. The van der Waals surface area contributed by atoms with Gasteiger partial charge >= 0.3 is 0 Å². The predicted molar refractivity (Wildman–Crippen MR) is 97.1 cm³/mol. The van der Waals surface area contributed by atoms with Gasteiger partial charge in [-0.05, 0) is 30.3 Å². The van der Waals surface area contributed by atoms with Gasteiger partial charge in [-0.3, -0.25) is 4.79 Å². The van der Waals surface area contributed by atoms with Crippen molar-refractivity contribution in [3.8, 4) is 5.88 Å². The van der Waals surface area contributed by atoms with Crippen LogP contribution >= 0.6 is 27.5 Å². The molecule has 8 heteroatoms. The van der Waals surface area contributed by atoms with Crippen LogP contribution in [-0.4, -0.2) is 22.5 Å². The molecule has 122 valence electrons. The molecule has 3 rings (SSSR count). The molecular weight excluding hydrogens is 396 g/mol. The molecule has 0 unspecified atom stereocenters. The van der Waals surface area contributed by atoms with Crippen LogP contribution in [0.5, 0.6) is 5.88 Å². The molecule has 1 aromatic heterocycles. The van der Waals surface area contributed by atoms with Crippen LogP contribution in [0.25, 0.3) is 10.9 Å². The fourth-order valence-corrected chi connectivity index (χ4v) is 2.72. The van der Waals surface area contributed by atoms with E-state index in [4.69, 9.17) is 11.6 Å². The number of H-pyrrole nitrogens is 1. The molecule has 0 aliphatic rings. The van der Waals surface area contributed by atoms with Crippen molar-refractivity contribution in [1.29, 1.82) is 0 Å². The highest BCUT2D eigenvalue weighted by atomic mass is 79.9. The minimum absolute atomic E-state index is 0.0555. The lowest BCUT2D eigenvalue weighted by Crippen LogP contribution is -2.11. The number of hydrogen-bond acceptors (Lipinski definition) is 4. The van der Waals surface area contributed by atoms with Crippen molar-refractivity contribution in [3.63, 3.8) is 0 Å². The molecule has 0 radical (unpaired) electrons. The number of amides is 1. The average molecular weight is 408 g/mol. The largest absolute Gasteiger partial charge is 0.493 e. The molecule has 0 saturated heterocycles. The number of anilines is 1. The number of hydrogen-bond donors (Lipinski definition) is 3. The number of nitrogens with one attached hydrogen (secondary N) is 2. The molecule has 24 heavy (non-hydrogen) atoms. The first-order chi connectivity index (χ1) is 11.5. The van der Waals surface area contributed by atoms with Gasteiger partial charge in [0, 0.05) is 9.86 Å². The molecule has 1 amide bonds. The number of aromatic nitrogens is 1. The summed E-state index contributed by atoms with van der Waals surface area (Å²) in [7, 11) is 0. The Morgan fingerprint density at radius 2 is 2.08 bits per heavy atom. The number of aromatic hydroxyl groups is 1. The zero-order valence-electron chi connectivity index (χ0n) is 12.3. The van der Waals surface area contributed by atoms with Crippen LogP contribution in [0.3, 0.4) is 0 Å². The molecule has 2 aromatic carbocycles. The summed E-state index contributed by atoms with van der Waals surface area (Å²) in [5, 5.41) is 21.5. The van der Waals surface area contributed by atoms with E-state index in [2.05, 4.69) is 36.5 Å². The number of fused-ring (bicyclic) bond motifs is 1. The molecule has 0 aliphatic heterocycles. The summed E-state index contributed by atoms with van der Waals surface area (Å²) in [4.78, 5) is 14.7. The second-order valence-corrected chi connectivity index (χ2v) is 6.26. The molecular formula is C16H12BrClN4O2. The summed E-state index contributed by atoms with van der Waals surface area (Å²) in [6.07, 6.45) is 0. The van der Waals surface area contributed by atoms with Crippen molar-refractivity contribution in [2.45, 2.75) is 0 Å². The number of nitrogens with zero attached hydrogens (tertiary/aromatic N) is 2. The molecule has 0 fully saturated rings. The molecule has 3 aromatic rings. The Morgan fingerprint density at radius 3 is 2.88 bits per heavy atom. The van der Waals surface area contributed by atoms with Gasteiger partial charge in [0.1, 0.15) is 0 Å². The topological polar surface area (TPSA) is 89.8 Å². The van der Waals surface area contributed by atoms with Crippen LogP contribution < -0.4 is 5.32 Å². The second kappa shape index (κ2) is 7.02. The molecule has 0 spiro atoms. The van der Waals surface area contributed by atoms with E-state index in [9.17, 15) is 9.90 Å². The Labute approximate surface area is 150 Å². The average Bonchev–Trinajstić information content (AvgIpc) is 2.87. The SMILES string of the molecule is O=C(CNc1ccccc1Cl)N=Nc1c(O)[nH]c2ccc(Br)cc12. The monoisotopic (exact) mass is 406 g/mol. The van der Waals surface area contributed by atoms with E-state index < -0.39 is 5.91 Å². The highest BCUT2D eigenvalue weighted by Gasteiger charge is 2.11. The molecule has 0 bridgehead atoms. The predicted octanol–water partition coefficient (Wildman–Crippen LogP) is 5.01. The van der Waals surface area contributed by atoms with Crippen LogP contribution in [0.2, 0.25) is 5.02 Å². The zero-order chi connectivity index (χ0) is 17.1. The number of carbonyl (C=O) groups is 1. The van der Waals surface area contributed by atoms with Gasteiger partial charge in [0.05, 0.1) is 22.8 Å². The molecule has 0 atom stereocenters. The summed E-state index contributed by atoms with van der Waals surface area (Å²) in [5.74, 6) is -0.627. The van der Waals surface area contributed by atoms with Crippen molar-refractivity contribution in [3.05, 3.63) is 52.0 Å². The molecule has 0 aliphatic carbocycles. The second-order valence-electron chi connectivity index (χ2n) is 4.94. The van der Waals surface area contributed by atoms with Crippen molar-refractivity contribution in [1.82, 2.24) is 4.98 Å². The smallest absolute Gasteiger partial charge is 0.283 e. The third-order valence-corrected chi connectivity index (χ3v) is 4.10. The van der Waals surface area contributed by atoms with Gasteiger partial charge in [-0.25, -0.2) is 0 Å². The van der Waals surface area contributed by atoms with Crippen LogP contribution in [0.15, 0.2) is 57.2 Å². The summed E-state index contributed by atoms with van der Waals surface area (Å²) in [6, 6.07) is 12.5. The van der Waals surface area contributed by atoms with Crippen molar-refractivity contribution in [2.24, 2.45) is 10.2 Å². The van der Waals surface area contributed by atoms with Crippen LogP contribution in [0.4, 0.5) is 11.4 Å². The van der Waals surface area contributed by atoms with Crippen molar-refractivity contribution < 1.29 is 9.90 Å². The highest BCUT2D eigenvalue weighted by Crippen LogP contribution is 2.36. The Balaban J connectivity index is 1.74. The van der Waals surface area contributed by atoms with E-state index in [0.717, 1.165) is 4.47 Å². The molecule has 3 N–H and O–H groups in total. The maximum atomic E-state index is 11.9. The maximum absolute atomic E-state index is 11.9. The van der Waals surface area contributed by atoms with Crippen molar-refractivity contribution in [2.75, 3.05) is 11.9 Å². The van der Waals surface area contributed by atoms with Gasteiger partial charge in [-0.1, -0.05) is 39.7 Å². The third kappa shape index (κ3) is 3.58. The minimum atomic E-state index is -0.487. The number of carbonyl (C=O) groups excluding carboxylic acids is 1. The van der Waals surface area contributed by atoms with Crippen LogP contribution in [0.1, 0.15) is 0 Å². The normalized spacial score (nSPS) is 11.2. The lowest BCUT2D eigenvalue weighted by molar-refractivity contribution is -0.116. The standard InChI is InChI=1S/C16H12BrClN4O2/c17-9-5-6-12-10(7-9)15(16(24)20-12)22-21-14(23)8-19-13-4-2-1-3-11(13)18/h1-7,19-20,24H,8H2. The molecule has 1 heterocycles. The first-order valence-electron chi connectivity index (χ1n) is 6.98. The molecule has 6 nitrogen and oxygen atoms in total. The summed E-state index contributed by atoms with van der Waals surface area (Å²) >= 11 is 9.35. The highest BCUT2D eigenvalue weighted by molar-refractivity contribution is 9.10. The Morgan fingerprint density at radius 1 is 1.29 bits per heavy atom. The lowest BCUT2D eigenvalue weighted by Gasteiger charge is -2.04. The quantitative estimate of drug-likeness (QED) is 0.531. The fraction of sp³-hybridized carbons (Fsp3) is 0.0625. The number of benzene rings is 2. The number of aromatic amines is 1. The Bertz CT molecular complexity index is 939. The summed E-state index contributed by atoms with van der Waals surface area (Å²) in [6.45, 7) is -0.0555.